The predicted molar refractivity (Wildman–Crippen MR) is 139 cm³/mol. The molecule has 0 aromatic heterocycles. The number of halogens is 1. The van der Waals surface area contributed by atoms with Crippen LogP contribution in [0.25, 0.3) is 0 Å². The average molecular weight is 561 g/mol. The summed E-state index contributed by atoms with van der Waals surface area (Å²) in [5.41, 5.74) is 0. The Morgan fingerprint density at radius 3 is 1.37 bits per heavy atom. The summed E-state index contributed by atoms with van der Waals surface area (Å²) >= 11 is 3.13. The summed E-state index contributed by atoms with van der Waals surface area (Å²) in [4.78, 5) is 68.1. The number of hydrogen-bond acceptors (Lipinski definition) is 9. The third-order valence-electron chi connectivity index (χ3n) is 5.98. The maximum Gasteiger partial charge on any atom is 0.230 e. The molecular weight excluding hydrogens is 518 g/mol. The zero-order valence-corrected chi connectivity index (χ0v) is 23.3. The van der Waals surface area contributed by atoms with Gasteiger partial charge >= 0.3 is 0 Å². The van der Waals surface area contributed by atoms with E-state index in [4.69, 9.17) is 0 Å². The highest BCUT2D eigenvalue weighted by Gasteiger charge is 2.25. The van der Waals surface area contributed by atoms with E-state index in [-0.39, 0.29) is 40.4 Å². The van der Waals surface area contributed by atoms with E-state index in [0.29, 0.717) is 85.0 Å². The van der Waals surface area contributed by atoms with Gasteiger partial charge in [-0.1, -0.05) is 15.9 Å². The maximum atomic E-state index is 12.6. The molecule has 1 saturated heterocycles. The minimum absolute atomic E-state index is 0.0223. The first-order valence-corrected chi connectivity index (χ1v) is 13.4. The second kappa shape index (κ2) is 17.0. The molecule has 0 spiro atoms. The van der Waals surface area contributed by atoms with E-state index in [9.17, 15) is 24.0 Å². The molecule has 1 aliphatic rings. The van der Waals surface area contributed by atoms with Gasteiger partial charge in [-0.05, 0) is 34.1 Å². The van der Waals surface area contributed by atoms with Gasteiger partial charge in [0.2, 0.25) is 5.91 Å². The predicted octanol–water partition coefficient (Wildman–Crippen LogP) is -0.166. The molecule has 1 atom stereocenters. The molecule has 1 rings (SSSR count). The first-order chi connectivity index (χ1) is 16.5. The van der Waals surface area contributed by atoms with Crippen molar-refractivity contribution in [2.45, 2.75) is 40.2 Å². The fourth-order valence-electron chi connectivity index (χ4n) is 4.32. The van der Waals surface area contributed by atoms with Gasteiger partial charge in [-0.2, -0.15) is 0 Å². The molecule has 1 unspecified atom stereocenters. The number of rotatable bonds is 12. The van der Waals surface area contributed by atoms with Gasteiger partial charge in [0.05, 0.1) is 31.0 Å². The number of ketones is 4. The van der Waals surface area contributed by atoms with Crippen molar-refractivity contribution in [1.82, 2.24) is 24.9 Å². The molecule has 200 valence electrons. The van der Waals surface area contributed by atoms with Crippen LogP contribution in [0.2, 0.25) is 0 Å². The zero-order chi connectivity index (χ0) is 26.4. The number of Topliss-reactive ketones (excluding diaryl/α,β-unsaturated/α-hetero) is 4. The number of carbonyl (C=O) groups excluding carboxylic acids is 5. The summed E-state index contributed by atoms with van der Waals surface area (Å²) in [5, 5.41) is 3.02. The fraction of sp³-hybridized carbons (Fsp3) is 0.792. The van der Waals surface area contributed by atoms with Gasteiger partial charge in [0.1, 0.15) is 23.1 Å². The van der Waals surface area contributed by atoms with E-state index in [1.165, 1.54) is 0 Å². The smallest absolute Gasteiger partial charge is 0.230 e. The Morgan fingerprint density at radius 2 is 1.06 bits per heavy atom. The Bertz CT molecular complexity index is 703. The van der Waals surface area contributed by atoms with Crippen LogP contribution in [-0.4, -0.2) is 139 Å². The minimum atomic E-state index is -0.374. The number of carbonyl (C=O) groups is 5. The van der Waals surface area contributed by atoms with Crippen LogP contribution < -0.4 is 5.32 Å². The van der Waals surface area contributed by atoms with Crippen molar-refractivity contribution in [3.05, 3.63) is 0 Å². The van der Waals surface area contributed by atoms with E-state index in [0.717, 1.165) is 0 Å². The van der Waals surface area contributed by atoms with Crippen LogP contribution in [0.3, 0.4) is 0 Å². The molecule has 1 heterocycles. The van der Waals surface area contributed by atoms with Gasteiger partial charge in [0.25, 0.3) is 0 Å². The SMILES string of the molecule is CC(=O)CN1CCN(CC(C)=O)CCN(C(CCNC(=O)CBr)C(C)=O)CCN(CC(C)=O)CC1. The second-order valence-corrected chi connectivity index (χ2v) is 9.93. The van der Waals surface area contributed by atoms with Gasteiger partial charge in [-0.15, -0.1) is 0 Å². The number of amides is 1. The third-order valence-corrected chi connectivity index (χ3v) is 6.49. The lowest BCUT2D eigenvalue weighted by atomic mass is 10.1. The van der Waals surface area contributed by atoms with E-state index in [2.05, 4.69) is 40.8 Å². The standard InChI is InChI=1S/C24H42BrN5O5/c1-19(31)16-27-7-9-28(17-20(2)32)11-13-30(14-12-29(10-8-27)18-21(3)33)23(22(4)34)5-6-26-24(35)15-25/h23H,5-18H2,1-4H3,(H,26,35). The van der Waals surface area contributed by atoms with Crippen LogP contribution in [0.5, 0.6) is 0 Å². The van der Waals surface area contributed by atoms with Crippen molar-refractivity contribution >= 4 is 45.0 Å². The summed E-state index contributed by atoms with van der Waals surface area (Å²) in [6.07, 6.45) is 0.486. The van der Waals surface area contributed by atoms with Gasteiger partial charge in [-0.3, -0.25) is 43.6 Å². The van der Waals surface area contributed by atoms with E-state index >= 15 is 0 Å². The van der Waals surface area contributed by atoms with Crippen molar-refractivity contribution in [1.29, 1.82) is 0 Å². The quantitative estimate of drug-likeness (QED) is 0.326. The van der Waals surface area contributed by atoms with Crippen molar-refractivity contribution in [3.63, 3.8) is 0 Å². The summed E-state index contributed by atoms with van der Waals surface area (Å²) in [5.74, 6) is 0.103. The fourth-order valence-corrected chi connectivity index (χ4v) is 4.52. The molecule has 1 fully saturated rings. The minimum Gasteiger partial charge on any atom is -0.355 e. The van der Waals surface area contributed by atoms with Crippen LogP contribution in [-0.2, 0) is 24.0 Å². The van der Waals surface area contributed by atoms with E-state index in [1.807, 2.05) is 0 Å². The Kier molecular flexibility index (Phi) is 15.3. The molecule has 0 radical (unpaired) electrons. The Morgan fingerprint density at radius 1 is 0.686 bits per heavy atom. The lowest BCUT2D eigenvalue weighted by Crippen LogP contribution is -2.51. The molecule has 0 aromatic rings. The Balaban J connectivity index is 3.08. The van der Waals surface area contributed by atoms with Crippen LogP contribution in [0.4, 0.5) is 0 Å². The molecule has 1 amide bonds. The normalized spacial score (nSPS) is 18.8. The van der Waals surface area contributed by atoms with Crippen LogP contribution in [0.15, 0.2) is 0 Å². The average Bonchev–Trinajstić information content (AvgIpc) is 2.75. The molecule has 10 nitrogen and oxygen atoms in total. The van der Waals surface area contributed by atoms with Crippen molar-refractivity contribution in [3.8, 4) is 0 Å². The number of nitrogens with zero attached hydrogens (tertiary/aromatic N) is 4. The van der Waals surface area contributed by atoms with Crippen LogP contribution >= 0.6 is 15.9 Å². The zero-order valence-electron chi connectivity index (χ0n) is 21.7. The van der Waals surface area contributed by atoms with Gasteiger partial charge in [0.15, 0.2) is 0 Å². The van der Waals surface area contributed by atoms with Gasteiger partial charge < -0.3 is 5.32 Å². The molecule has 1 N–H and O–H groups in total. The first kappa shape index (κ1) is 31.5. The lowest BCUT2D eigenvalue weighted by molar-refractivity contribution is -0.124. The summed E-state index contributed by atoms with van der Waals surface area (Å²) in [7, 11) is 0. The van der Waals surface area contributed by atoms with E-state index in [1.54, 1.807) is 27.7 Å². The summed E-state index contributed by atoms with van der Waals surface area (Å²) in [6.45, 7) is 12.4. The maximum absolute atomic E-state index is 12.6. The van der Waals surface area contributed by atoms with Crippen LogP contribution in [0, 0.1) is 0 Å². The highest BCUT2D eigenvalue weighted by atomic mass is 79.9. The molecular formula is C24H42BrN5O5. The number of alkyl halides is 1. The monoisotopic (exact) mass is 559 g/mol. The molecule has 0 bridgehead atoms. The molecule has 0 aromatic carbocycles. The second-order valence-electron chi connectivity index (χ2n) is 9.37. The molecule has 0 aliphatic carbocycles. The van der Waals surface area contributed by atoms with E-state index < -0.39 is 0 Å². The largest absolute Gasteiger partial charge is 0.355 e. The molecule has 35 heavy (non-hydrogen) atoms. The molecule has 0 saturated carbocycles. The highest BCUT2D eigenvalue weighted by molar-refractivity contribution is 9.09. The van der Waals surface area contributed by atoms with Crippen LogP contribution in [0.1, 0.15) is 34.1 Å². The summed E-state index contributed by atoms with van der Waals surface area (Å²) in [6, 6.07) is -0.374. The highest BCUT2D eigenvalue weighted by Crippen LogP contribution is 2.09. The van der Waals surface area contributed by atoms with Gasteiger partial charge in [0, 0.05) is 58.9 Å². The van der Waals surface area contributed by atoms with Crippen molar-refractivity contribution in [2.75, 3.05) is 83.9 Å². The number of hydrogen-bond donors (Lipinski definition) is 1. The summed E-state index contributed by atoms with van der Waals surface area (Å²) < 4.78 is 0. The van der Waals surface area contributed by atoms with Gasteiger partial charge in [-0.25, -0.2) is 0 Å². The number of nitrogens with one attached hydrogen (secondary N) is 1. The first-order valence-electron chi connectivity index (χ1n) is 12.2. The molecule has 11 heteroatoms. The Hall–Kier alpha value is -1.53. The van der Waals surface area contributed by atoms with Crippen molar-refractivity contribution < 1.29 is 24.0 Å². The lowest BCUT2D eigenvalue weighted by Gasteiger charge is -2.36. The molecule has 1 aliphatic heterocycles. The Labute approximate surface area is 217 Å². The topological polar surface area (TPSA) is 110 Å². The van der Waals surface area contributed by atoms with Crippen molar-refractivity contribution in [2.24, 2.45) is 0 Å². The third kappa shape index (κ3) is 14.0.